The first-order chi connectivity index (χ1) is 8.79. The van der Waals surface area contributed by atoms with Crippen LogP contribution in [0.2, 0.25) is 0 Å². The van der Waals surface area contributed by atoms with Gasteiger partial charge < -0.3 is 10.3 Å². The van der Waals surface area contributed by atoms with Crippen molar-refractivity contribution >= 4 is 5.69 Å². The summed E-state index contributed by atoms with van der Waals surface area (Å²) in [5.41, 5.74) is 10.3. The molecule has 0 saturated heterocycles. The number of imidazole rings is 1. The number of nitrogens with zero attached hydrogens (tertiary/aromatic N) is 2. The zero-order valence-electron chi connectivity index (χ0n) is 10.8. The normalized spacial score (nSPS) is 14.5. The molecule has 1 aromatic carbocycles. The van der Waals surface area contributed by atoms with E-state index in [4.69, 9.17) is 10.7 Å². The van der Waals surface area contributed by atoms with Crippen LogP contribution in [0, 0.1) is 0 Å². The fraction of sp³-hybridized carbons (Fsp3) is 0.400. The molecular weight excluding hydrogens is 222 g/mol. The second-order valence-corrected chi connectivity index (χ2v) is 4.91. The van der Waals surface area contributed by atoms with E-state index in [0.29, 0.717) is 0 Å². The van der Waals surface area contributed by atoms with Gasteiger partial charge in [-0.25, -0.2) is 4.98 Å². The Hall–Kier alpha value is -1.77. The van der Waals surface area contributed by atoms with Crippen molar-refractivity contribution in [3.05, 3.63) is 35.8 Å². The Labute approximate surface area is 108 Å². The molecule has 3 nitrogen and oxygen atoms in total. The van der Waals surface area contributed by atoms with E-state index in [9.17, 15) is 0 Å². The number of benzene rings is 1. The number of anilines is 1. The lowest BCUT2D eigenvalue weighted by Gasteiger charge is -2.15. The summed E-state index contributed by atoms with van der Waals surface area (Å²) in [6, 6.07) is 8.05. The van der Waals surface area contributed by atoms with Gasteiger partial charge in [0.1, 0.15) is 5.82 Å². The van der Waals surface area contributed by atoms with Crippen molar-refractivity contribution in [3.8, 4) is 11.3 Å². The fourth-order valence-corrected chi connectivity index (χ4v) is 2.82. The maximum absolute atomic E-state index is 5.88. The molecule has 0 radical (unpaired) electrons. The molecule has 0 fully saturated rings. The third kappa shape index (κ3) is 1.80. The lowest BCUT2D eigenvalue weighted by molar-refractivity contribution is 0.510. The summed E-state index contributed by atoms with van der Waals surface area (Å²) >= 11 is 0. The highest BCUT2D eigenvalue weighted by molar-refractivity contribution is 5.66. The molecule has 18 heavy (non-hydrogen) atoms. The average Bonchev–Trinajstić information content (AvgIpc) is 2.77. The molecule has 94 valence electrons. The Kier molecular flexibility index (Phi) is 2.82. The number of nitrogen functional groups attached to an aromatic ring is 1. The van der Waals surface area contributed by atoms with Gasteiger partial charge in [0.15, 0.2) is 0 Å². The number of aromatic nitrogens is 2. The summed E-state index contributed by atoms with van der Waals surface area (Å²) in [6.45, 7) is 3.32. The fourth-order valence-electron chi connectivity index (χ4n) is 2.82. The molecule has 1 aliphatic rings. The van der Waals surface area contributed by atoms with Gasteiger partial charge in [-0.05, 0) is 31.4 Å². The minimum atomic E-state index is 0.806. The molecule has 2 N–H and O–H groups in total. The van der Waals surface area contributed by atoms with E-state index < -0.39 is 0 Å². The van der Waals surface area contributed by atoms with E-state index in [0.717, 1.165) is 36.3 Å². The number of hydrogen-bond donors (Lipinski definition) is 1. The molecule has 0 atom stereocenters. The van der Waals surface area contributed by atoms with Crippen molar-refractivity contribution in [3.63, 3.8) is 0 Å². The van der Waals surface area contributed by atoms with Crippen molar-refractivity contribution in [1.82, 2.24) is 9.55 Å². The quantitative estimate of drug-likeness (QED) is 0.821. The lowest BCUT2D eigenvalue weighted by atomic mass is 10.1. The number of hydrogen-bond acceptors (Lipinski definition) is 2. The molecule has 2 heterocycles. The van der Waals surface area contributed by atoms with Gasteiger partial charge in [-0.15, -0.1) is 0 Å². The van der Waals surface area contributed by atoms with Crippen LogP contribution in [0.5, 0.6) is 0 Å². The maximum Gasteiger partial charge on any atom is 0.109 e. The third-order valence-electron chi connectivity index (χ3n) is 3.68. The van der Waals surface area contributed by atoms with Gasteiger partial charge in [-0.2, -0.15) is 0 Å². The van der Waals surface area contributed by atoms with E-state index in [-0.39, 0.29) is 0 Å². The van der Waals surface area contributed by atoms with Crippen LogP contribution in [0.1, 0.15) is 31.3 Å². The topological polar surface area (TPSA) is 43.8 Å². The maximum atomic E-state index is 5.88. The predicted octanol–water partition coefficient (Wildman–Crippen LogP) is 3.03. The number of fused-ring (bicyclic) bond motifs is 1. The summed E-state index contributed by atoms with van der Waals surface area (Å²) in [5.74, 6) is 1.25. The van der Waals surface area contributed by atoms with Crippen LogP contribution < -0.4 is 5.73 Å². The van der Waals surface area contributed by atoms with Crippen LogP contribution in [-0.4, -0.2) is 9.55 Å². The van der Waals surface area contributed by atoms with Gasteiger partial charge >= 0.3 is 0 Å². The predicted molar refractivity (Wildman–Crippen MR) is 74.4 cm³/mol. The van der Waals surface area contributed by atoms with Gasteiger partial charge in [0.25, 0.3) is 0 Å². The number of aryl methyl sites for hydroxylation is 1. The molecular formula is C15H19N3. The van der Waals surface area contributed by atoms with Gasteiger partial charge in [-0.3, -0.25) is 0 Å². The second-order valence-electron chi connectivity index (χ2n) is 4.91. The molecule has 0 bridgehead atoms. The first kappa shape index (κ1) is 11.3. The molecule has 1 aliphatic heterocycles. The van der Waals surface area contributed by atoms with Crippen LogP contribution >= 0.6 is 0 Å². The van der Waals surface area contributed by atoms with E-state index in [2.05, 4.69) is 17.6 Å². The Balaban J connectivity index is 2.14. The monoisotopic (exact) mass is 241 g/mol. The molecule has 0 amide bonds. The first-order valence-corrected chi connectivity index (χ1v) is 6.73. The third-order valence-corrected chi connectivity index (χ3v) is 3.68. The zero-order valence-corrected chi connectivity index (χ0v) is 10.8. The van der Waals surface area contributed by atoms with E-state index in [1.807, 2.05) is 18.2 Å². The molecule has 3 heteroatoms. The number of nitrogens with two attached hydrogens (primary N) is 1. The Morgan fingerprint density at radius 1 is 1.33 bits per heavy atom. The van der Waals surface area contributed by atoms with Crippen LogP contribution in [0.4, 0.5) is 5.69 Å². The van der Waals surface area contributed by atoms with Crippen molar-refractivity contribution < 1.29 is 0 Å². The van der Waals surface area contributed by atoms with Crippen LogP contribution in [0.15, 0.2) is 24.3 Å². The number of rotatable bonds is 2. The highest BCUT2D eigenvalue weighted by Gasteiger charge is 2.19. The average molecular weight is 241 g/mol. The van der Waals surface area contributed by atoms with Gasteiger partial charge in [-0.1, -0.05) is 19.1 Å². The van der Waals surface area contributed by atoms with Gasteiger partial charge in [0.2, 0.25) is 0 Å². The van der Waals surface area contributed by atoms with E-state index in [1.54, 1.807) is 0 Å². The summed E-state index contributed by atoms with van der Waals surface area (Å²) in [5, 5.41) is 0. The lowest BCUT2D eigenvalue weighted by Crippen LogP contribution is -2.12. The summed E-state index contributed by atoms with van der Waals surface area (Å²) < 4.78 is 2.40. The van der Waals surface area contributed by atoms with Gasteiger partial charge in [0, 0.05) is 29.9 Å². The minimum absolute atomic E-state index is 0.806. The van der Waals surface area contributed by atoms with Crippen molar-refractivity contribution in [2.45, 2.75) is 39.2 Å². The van der Waals surface area contributed by atoms with E-state index in [1.165, 1.54) is 24.4 Å². The first-order valence-electron chi connectivity index (χ1n) is 6.73. The Morgan fingerprint density at radius 3 is 3.00 bits per heavy atom. The standard InChI is InChI=1S/C15H19N3/c1-2-13-15(11-6-5-7-12(16)10-11)17-14-8-3-4-9-18(13)14/h5-7,10H,2-4,8-9,16H2,1H3. The van der Waals surface area contributed by atoms with Crippen LogP contribution in [-0.2, 0) is 19.4 Å². The second kappa shape index (κ2) is 4.48. The highest BCUT2D eigenvalue weighted by atomic mass is 15.1. The smallest absolute Gasteiger partial charge is 0.109 e. The summed E-state index contributed by atoms with van der Waals surface area (Å²) in [6.07, 6.45) is 4.66. The molecule has 0 aliphatic carbocycles. The highest BCUT2D eigenvalue weighted by Crippen LogP contribution is 2.28. The largest absolute Gasteiger partial charge is 0.399 e. The molecule has 1 aromatic heterocycles. The summed E-state index contributed by atoms with van der Waals surface area (Å²) in [4.78, 5) is 4.84. The Bertz CT molecular complexity index is 569. The SMILES string of the molecule is CCc1c(-c2cccc(N)c2)nc2n1CCCC2. The van der Waals surface area contributed by atoms with E-state index >= 15 is 0 Å². The minimum Gasteiger partial charge on any atom is -0.399 e. The van der Waals surface area contributed by atoms with Crippen molar-refractivity contribution in [2.24, 2.45) is 0 Å². The van der Waals surface area contributed by atoms with Gasteiger partial charge in [0.05, 0.1) is 5.69 Å². The Morgan fingerprint density at radius 2 is 2.22 bits per heavy atom. The summed E-state index contributed by atoms with van der Waals surface area (Å²) in [7, 11) is 0. The van der Waals surface area contributed by atoms with Crippen LogP contribution in [0.3, 0.4) is 0 Å². The molecule has 0 spiro atoms. The van der Waals surface area contributed by atoms with Crippen molar-refractivity contribution in [2.75, 3.05) is 5.73 Å². The molecule has 0 unspecified atom stereocenters. The molecule has 2 aromatic rings. The zero-order chi connectivity index (χ0) is 12.5. The van der Waals surface area contributed by atoms with Crippen LogP contribution in [0.25, 0.3) is 11.3 Å². The van der Waals surface area contributed by atoms with Crippen molar-refractivity contribution in [1.29, 1.82) is 0 Å². The molecule has 0 saturated carbocycles. The molecule has 3 rings (SSSR count).